The third-order valence-corrected chi connectivity index (χ3v) is 5.18. The number of ether oxygens (including phenoxy) is 3. The van der Waals surface area contributed by atoms with E-state index in [1.807, 2.05) is 24.3 Å². The highest BCUT2D eigenvalue weighted by Gasteiger charge is 2.51. The molecule has 1 aromatic rings. The van der Waals surface area contributed by atoms with Crippen LogP contribution in [0.15, 0.2) is 24.3 Å². The minimum absolute atomic E-state index is 0.0755. The lowest BCUT2D eigenvalue weighted by atomic mass is 9.79. The van der Waals surface area contributed by atoms with E-state index in [2.05, 4.69) is 27.7 Å². The molecule has 5 nitrogen and oxygen atoms in total. The number of hydrogen-bond donors (Lipinski definition) is 0. The molecule has 2 aliphatic heterocycles. The fourth-order valence-corrected chi connectivity index (χ4v) is 2.91. The Balaban J connectivity index is 1.50. The van der Waals surface area contributed by atoms with Crippen molar-refractivity contribution in [3.8, 4) is 5.75 Å². The molecule has 0 radical (unpaired) electrons. The van der Waals surface area contributed by atoms with E-state index in [4.69, 9.17) is 23.5 Å². The van der Waals surface area contributed by atoms with Crippen molar-refractivity contribution in [3.05, 3.63) is 24.3 Å². The lowest BCUT2D eigenvalue weighted by molar-refractivity contribution is -0.165. The van der Waals surface area contributed by atoms with Gasteiger partial charge >= 0.3 is 7.12 Å². The first kappa shape index (κ1) is 18.7. The number of benzene rings is 1. The van der Waals surface area contributed by atoms with Gasteiger partial charge in [-0.3, -0.25) is 0 Å². The Morgan fingerprint density at radius 1 is 1.08 bits per heavy atom. The van der Waals surface area contributed by atoms with E-state index in [0.29, 0.717) is 13.2 Å². The number of rotatable bonds is 6. The van der Waals surface area contributed by atoms with Gasteiger partial charge in [0.15, 0.2) is 6.29 Å². The van der Waals surface area contributed by atoms with E-state index in [1.54, 1.807) is 0 Å². The zero-order valence-electron chi connectivity index (χ0n) is 15.7. The van der Waals surface area contributed by atoms with E-state index in [-0.39, 0.29) is 24.6 Å². The predicted octanol–water partition coefficient (Wildman–Crippen LogP) is 2.91. The summed E-state index contributed by atoms with van der Waals surface area (Å²) in [5, 5.41) is 0. The zero-order chi connectivity index (χ0) is 17.9. The second kappa shape index (κ2) is 7.66. The van der Waals surface area contributed by atoms with Gasteiger partial charge in [-0.05, 0) is 64.6 Å². The van der Waals surface area contributed by atoms with Crippen LogP contribution in [0.1, 0.15) is 47.0 Å². The van der Waals surface area contributed by atoms with E-state index >= 15 is 0 Å². The van der Waals surface area contributed by atoms with Crippen LogP contribution in [0.3, 0.4) is 0 Å². The molecule has 0 saturated carbocycles. The summed E-state index contributed by atoms with van der Waals surface area (Å²) < 4.78 is 29.2. The van der Waals surface area contributed by atoms with Crippen LogP contribution in [0.2, 0.25) is 0 Å². The fraction of sp³-hybridized carbons (Fsp3) is 0.684. The summed E-state index contributed by atoms with van der Waals surface area (Å²) in [5.74, 6) is 0.792. The lowest BCUT2D eigenvalue weighted by Gasteiger charge is -2.32. The second-order valence-corrected chi connectivity index (χ2v) is 7.68. The molecule has 0 amide bonds. The monoisotopic (exact) mass is 348 g/mol. The third kappa shape index (κ3) is 4.56. The SMILES string of the molecule is CC1(C)OB(c2cccc(OCCO[C@@H]3CCCCO3)c2)OC1(C)C. The maximum Gasteiger partial charge on any atom is 0.494 e. The van der Waals surface area contributed by atoms with Crippen LogP contribution in [0, 0.1) is 0 Å². The van der Waals surface area contributed by atoms with E-state index in [9.17, 15) is 0 Å². The molecule has 0 spiro atoms. The third-order valence-electron chi connectivity index (χ3n) is 5.18. The molecule has 3 rings (SSSR count). The van der Waals surface area contributed by atoms with Crippen molar-refractivity contribution < 1.29 is 23.5 Å². The molecule has 0 aliphatic carbocycles. The summed E-state index contributed by atoms with van der Waals surface area (Å²) in [6.07, 6.45) is 3.19. The van der Waals surface area contributed by atoms with Gasteiger partial charge in [-0.1, -0.05) is 12.1 Å². The highest BCUT2D eigenvalue weighted by Crippen LogP contribution is 2.36. The van der Waals surface area contributed by atoms with Gasteiger partial charge in [0.05, 0.1) is 17.8 Å². The van der Waals surface area contributed by atoms with Crippen molar-refractivity contribution in [2.45, 2.75) is 64.4 Å². The molecule has 0 unspecified atom stereocenters. The Kier molecular flexibility index (Phi) is 5.73. The summed E-state index contributed by atoms with van der Waals surface area (Å²) in [5.41, 5.74) is 0.276. The van der Waals surface area contributed by atoms with Gasteiger partial charge in [-0.2, -0.15) is 0 Å². The number of hydrogen-bond acceptors (Lipinski definition) is 5. The molecule has 0 aromatic heterocycles. The topological polar surface area (TPSA) is 46.2 Å². The molecule has 1 atom stereocenters. The first-order chi connectivity index (χ1) is 11.9. The molecule has 2 saturated heterocycles. The standard InChI is InChI=1S/C19H29BO5/c1-18(2)19(3,4)25-20(24-18)15-8-7-9-16(14-15)21-12-13-23-17-10-5-6-11-22-17/h7-9,14,17H,5-6,10-13H2,1-4H3/t17-/m1/s1. The summed E-state index contributed by atoms with van der Waals surface area (Å²) in [6, 6.07) is 7.87. The van der Waals surface area contributed by atoms with Gasteiger partial charge in [-0.25, -0.2) is 0 Å². The highest BCUT2D eigenvalue weighted by molar-refractivity contribution is 6.62. The summed E-state index contributed by atoms with van der Waals surface area (Å²) in [4.78, 5) is 0. The molecule has 25 heavy (non-hydrogen) atoms. The van der Waals surface area contributed by atoms with E-state index in [0.717, 1.165) is 30.7 Å². The van der Waals surface area contributed by atoms with Crippen LogP contribution in [0.5, 0.6) is 5.75 Å². The summed E-state index contributed by atoms with van der Waals surface area (Å²) in [6.45, 7) is 10.0. The molecule has 0 N–H and O–H groups in total. The van der Waals surface area contributed by atoms with Gasteiger partial charge in [0.1, 0.15) is 12.4 Å². The Morgan fingerprint density at radius 2 is 1.84 bits per heavy atom. The molecule has 138 valence electrons. The molecular weight excluding hydrogens is 319 g/mol. The smallest absolute Gasteiger partial charge is 0.491 e. The largest absolute Gasteiger partial charge is 0.494 e. The second-order valence-electron chi connectivity index (χ2n) is 7.68. The Hall–Kier alpha value is -1.08. The summed E-state index contributed by atoms with van der Waals surface area (Å²) >= 11 is 0. The minimum atomic E-state index is -0.375. The quantitative estimate of drug-likeness (QED) is 0.584. The minimum Gasteiger partial charge on any atom is -0.491 e. The van der Waals surface area contributed by atoms with E-state index < -0.39 is 0 Å². The van der Waals surface area contributed by atoms with Gasteiger partial charge < -0.3 is 23.5 Å². The van der Waals surface area contributed by atoms with Gasteiger partial charge in [0.25, 0.3) is 0 Å². The molecule has 2 fully saturated rings. The molecule has 0 bridgehead atoms. The maximum absolute atomic E-state index is 6.09. The van der Waals surface area contributed by atoms with Gasteiger partial charge in [-0.15, -0.1) is 0 Å². The first-order valence-electron chi connectivity index (χ1n) is 9.19. The van der Waals surface area contributed by atoms with Crippen LogP contribution in [0.25, 0.3) is 0 Å². The first-order valence-corrected chi connectivity index (χ1v) is 9.19. The Labute approximate surface area is 151 Å². The van der Waals surface area contributed by atoms with Crippen molar-refractivity contribution in [1.29, 1.82) is 0 Å². The molecular formula is C19H29BO5. The van der Waals surface area contributed by atoms with Crippen molar-refractivity contribution in [2.24, 2.45) is 0 Å². The van der Waals surface area contributed by atoms with Gasteiger partial charge in [0.2, 0.25) is 0 Å². The predicted molar refractivity (Wildman–Crippen MR) is 97.2 cm³/mol. The molecule has 6 heteroatoms. The van der Waals surface area contributed by atoms with Crippen LogP contribution in [-0.2, 0) is 18.8 Å². The highest BCUT2D eigenvalue weighted by atomic mass is 16.7. The Morgan fingerprint density at radius 3 is 2.52 bits per heavy atom. The maximum atomic E-state index is 6.09. The van der Waals surface area contributed by atoms with Gasteiger partial charge in [0, 0.05) is 6.61 Å². The van der Waals surface area contributed by atoms with Crippen molar-refractivity contribution in [1.82, 2.24) is 0 Å². The average molecular weight is 348 g/mol. The molecule has 2 heterocycles. The Bertz CT molecular complexity index is 553. The van der Waals surface area contributed by atoms with Crippen LogP contribution in [-0.4, -0.2) is 44.4 Å². The van der Waals surface area contributed by atoms with Crippen molar-refractivity contribution >= 4 is 12.6 Å². The fourth-order valence-electron chi connectivity index (χ4n) is 2.91. The normalized spacial score (nSPS) is 25.1. The average Bonchev–Trinajstić information content (AvgIpc) is 2.81. The zero-order valence-corrected chi connectivity index (χ0v) is 15.7. The van der Waals surface area contributed by atoms with Crippen LogP contribution < -0.4 is 10.2 Å². The molecule has 2 aliphatic rings. The van der Waals surface area contributed by atoms with Crippen LogP contribution >= 0.6 is 0 Å². The van der Waals surface area contributed by atoms with Crippen molar-refractivity contribution in [2.75, 3.05) is 19.8 Å². The van der Waals surface area contributed by atoms with E-state index in [1.165, 1.54) is 6.42 Å². The van der Waals surface area contributed by atoms with Crippen LogP contribution in [0.4, 0.5) is 0 Å². The molecule has 1 aromatic carbocycles. The van der Waals surface area contributed by atoms with Crippen molar-refractivity contribution in [3.63, 3.8) is 0 Å². The summed E-state index contributed by atoms with van der Waals surface area (Å²) in [7, 11) is -0.375. The lowest BCUT2D eigenvalue weighted by Crippen LogP contribution is -2.41.